The summed E-state index contributed by atoms with van der Waals surface area (Å²) in [5, 5.41) is 3.98. The van der Waals surface area contributed by atoms with Gasteiger partial charge in [0.25, 0.3) is 0 Å². The van der Waals surface area contributed by atoms with E-state index in [1.807, 2.05) is 30.3 Å². The van der Waals surface area contributed by atoms with Gasteiger partial charge < -0.3 is 10.1 Å². The molecule has 3 rings (SSSR count). The quantitative estimate of drug-likeness (QED) is 0.551. The first kappa shape index (κ1) is 18.3. The normalized spacial score (nSPS) is 10.6. The summed E-state index contributed by atoms with van der Waals surface area (Å²) >= 11 is 6.34. The molecular weight excluding hydrogens is 349 g/mol. The fraction of sp³-hybridized carbons (Fsp3) is 0.182. The first-order chi connectivity index (χ1) is 12.5. The Morgan fingerprint density at radius 3 is 2.54 bits per heavy atom. The van der Waals surface area contributed by atoms with Gasteiger partial charge in [0.1, 0.15) is 18.2 Å². The van der Waals surface area contributed by atoms with Crippen molar-refractivity contribution in [1.82, 2.24) is 0 Å². The van der Waals surface area contributed by atoms with Crippen LogP contribution in [0.3, 0.4) is 0 Å². The number of halogens is 2. The zero-order valence-electron chi connectivity index (χ0n) is 14.9. The van der Waals surface area contributed by atoms with E-state index in [0.29, 0.717) is 17.3 Å². The van der Waals surface area contributed by atoms with Crippen molar-refractivity contribution in [1.29, 1.82) is 0 Å². The van der Waals surface area contributed by atoms with Gasteiger partial charge in [0.05, 0.1) is 5.02 Å². The van der Waals surface area contributed by atoms with Crippen LogP contribution in [0.15, 0.2) is 60.7 Å². The molecule has 0 fully saturated rings. The van der Waals surface area contributed by atoms with E-state index in [2.05, 4.69) is 31.3 Å². The molecule has 0 unspecified atom stereocenters. The SMILES string of the molecule is Cc1cccc(NCc2ccc(OCc3cccc(F)c3)c(Cl)c2)c1C. The van der Waals surface area contributed by atoms with Crippen molar-refractivity contribution in [2.75, 3.05) is 5.32 Å². The highest BCUT2D eigenvalue weighted by Crippen LogP contribution is 2.27. The first-order valence-corrected chi connectivity index (χ1v) is 8.86. The molecule has 134 valence electrons. The Morgan fingerprint density at radius 1 is 0.962 bits per heavy atom. The highest BCUT2D eigenvalue weighted by Gasteiger charge is 2.06. The van der Waals surface area contributed by atoms with Crippen molar-refractivity contribution in [2.24, 2.45) is 0 Å². The molecule has 0 saturated carbocycles. The van der Waals surface area contributed by atoms with E-state index >= 15 is 0 Å². The molecule has 0 aliphatic heterocycles. The Kier molecular flexibility index (Phi) is 5.79. The zero-order valence-corrected chi connectivity index (χ0v) is 15.6. The molecule has 0 radical (unpaired) electrons. The monoisotopic (exact) mass is 369 g/mol. The average Bonchev–Trinajstić information content (AvgIpc) is 2.62. The van der Waals surface area contributed by atoms with E-state index in [1.54, 1.807) is 6.07 Å². The Bertz CT molecular complexity index is 910. The molecule has 0 aromatic heterocycles. The number of aryl methyl sites for hydroxylation is 1. The van der Waals surface area contributed by atoms with E-state index in [1.165, 1.54) is 23.3 Å². The minimum Gasteiger partial charge on any atom is -0.487 e. The van der Waals surface area contributed by atoms with E-state index in [-0.39, 0.29) is 12.4 Å². The largest absolute Gasteiger partial charge is 0.487 e. The van der Waals surface area contributed by atoms with Gasteiger partial charge >= 0.3 is 0 Å². The molecule has 4 heteroatoms. The van der Waals surface area contributed by atoms with Gasteiger partial charge in [-0.05, 0) is 66.4 Å². The molecular formula is C22H21ClFNO. The minimum absolute atomic E-state index is 0.273. The average molecular weight is 370 g/mol. The molecule has 0 amide bonds. The Hall–Kier alpha value is -2.52. The molecule has 3 aromatic carbocycles. The molecule has 2 nitrogen and oxygen atoms in total. The summed E-state index contributed by atoms with van der Waals surface area (Å²) in [6.45, 7) is 5.15. The number of hydrogen-bond donors (Lipinski definition) is 1. The fourth-order valence-electron chi connectivity index (χ4n) is 2.70. The maximum absolute atomic E-state index is 13.2. The van der Waals surface area contributed by atoms with Crippen LogP contribution in [0.4, 0.5) is 10.1 Å². The van der Waals surface area contributed by atoms with Crippen LogP contribution in [0.25, 0.3) is 0 Å². The molecule has 0 bridgehead atoms. The van der Waals surface area contributed by atoms with E-state index in [9.17, 15) is 4.39 Å². The predicted octanol–water partition coefficient (Wildman–Crippen LogP) is 6.29. The Balaban J connectivity index is 1.63. The summed E-state index contributed by atoms with van der Waals surface area (Å²) < 4.78 is 18.9. The summed E-state index contributed by atoms with van der Waals surface area (Å²) in [5.41, 5.74) is 5.45. The van der Waals surface area contributed by atoms with E-state index in [0.717, 1.165) is 16.8 Å². The second-order valence-electron chi connectivity index (χ2n) is 6.28. The van der Waals surface area contributed by atoms with E-state index < -0.39 is 0 Å². The van der Waals surface area contributed by atoms with Crippen LogP contribution in [-0.4, -0.2) is 0 Å². The zero-order chi connectivity index (χ0) is 18.5. The molecule has 0 aliphatic carbocycles. The summed E-state index contributed by atoms with van der Waals surface area (Å²) in [6, 6.07) is 18.3. The van der Waals surface area contributed by atoms with Gasteiger partial charge in [-0.3, -0.25) is 0 Å². The summed E-state index contributed by atoms with van der Waals surface area (Å²) in [6.07, 6.45) is 0. The highest BCUT2D eigenvalue weighted by atomic mass is 35.5. The fourth-order valence-corrected chi connectivity index (χ4v) is 2.96. The Morgan fingerprint density at radius 2 is 1.77 bits per heavy atom. The number of ether oxygens (including phenoxy) is 1. The summed E-state index contributed by atoms with van der Waals surface area (Å²) in [4.78, 5) is 0. The topological polar surface area (TPSA) is 21.3 Å². The van der Waals surface area contributed by atoms with Crippen molar-refractivity contribution in [3.05, 3.63) is 93.8 Å². The molecule has 0 heterocycles. The third-order valence-electron chi connectivity index (χ3n) is 4.37. The van der Waals surface area contributed by atoms with E-state index in [4.69, 9.17) is 16.3 Å². The van der Waals surface area contributed by atoms with Gasteiger partial charge in [0, 0.05) is 12.2 Å². The van der Waals surface area contributed by atoms with Crippen LogP contribution in [-0.2, 0) is 13.2 Å². The third-order valence-corrected chi connectivity index (χ3v) is 4.66. The van der Waals surface area contributed by atoms with Gasteiger partial charge in [-0.2, -0.15) is 0 Å². The lowest BCUT2D eigenvalue weighted by molar-refractivity contribution is 0.305. The standard InChI is InChI=1S/C22H21ClFNO/c1-15-5-3-8-21(16(15)2)25-13-17-9-10-22(20(23)12-17)26-14-18-6-4-7-19(24)11-18/h3-12,25H,13-14H2,1-2H3. The number of nitrogens with one attached hydrogen (secondary N) is 1. The molecule has 0 aliphatic rings. The molecule has 1 N–H and O–H groups in total. The Labute approximate surface area is 158 Å². The number of anilines is 1. The van der Waals surface area contributed by atoms with Gasteiger partial charge in [0.15, 0.2) is 0 Å². The van der Waals surface area contributed by atoms with Crippen LogP contribution in [0.1, 0.15) is 22.3 Å². The predicted molar refractivity (Wildman–Crippen MR) is 105 cm³/mol. The van der Waals surface area contributed by atoms with Crippen LogP contribution in [0.2, 0.25) is 5.02 Å². The van der Waals surface area contributed by atoms with Gasteiger partial charge in [-0.1, -0.05) is 41.9 Å². The second-order valence-corrected chi connectivity index (χ2v) is 6.69. The van der Waals surface area contributed by atoms with Crippen LogP contribution >= 0.6 is 11.6 Å². The lowest BCUT2D eigenvalue weighted by Gasteiger charge is -2.13. The number of rotatable bonds is 6. The van der Waals surface area contributed by atoms with Crippen molar-refractivity contribution in [3.8, 4) is 5.75 Å². The minimum atomic E-state index is -0.273. The van der Waals surface area contributed by atoms with Crippen LogP contribution < -0.4 is 10.1 Å². The van der Waals surface area contributed by atoms with Crippen LogP contribution in [0, 0.1) is 19.7 Å². The lowest BCUT2D eigenvalue weighted by atomic mass is 10.1. The number of hydrogen-bond acceptors (Lipinski definition) is 2. The smallest absolute Gasteiger partial charge is 0.138 e. The van der Waals surface area contributed by atoms with Crippen molar-refractivity contribution >= 4 is 17.3 Å². The van der Waals surface area contributed by atoms with Crippen LogP contribution in [0.5, 0.6) is 5.75 Å². The number of benzene rings is 3. The molecule has 0 saturated heterocycles. The maximum Gasteiger partial charge on any atom is 0.138 e. The van der Waals surface area contributed by atoms with Crippen molar-refractivity contribution in [3.63, 3.8) is 0 Å². The highest BCUT2D eigenvalue weighted by molar-refractivity contribution is 6.32. The van der Waals surface area contributed by atoms with Gasteiger partial charge in [-0.15, -0.1) is 0 Å². The van der Waals surface area contributed by atoms with Crippen molar-refractivity contribution in [2.45, 2.75) is 27.0 Å². The lowest BCUT2D eigenvalue weighted by Crippen LogP contribution is -2.02. The molecule has 0 atom stereocenters. The first-order valence-electron chi connectivity index (χ1n) is 8.48. The maximum atomic E-state index is 13.2. The summed E-state index contributed by atoms with van der Waals surface area (Å²) in [5.74, 6) is 0.316. The summed E-state index contributed by atoms with van der Waals surface area (Å²) in [7, 11) is 0. The van der Waals surface area contributed by atoms with Gasteiger partial charge in [-0.25, -0.2) is 4.39 Å². The third kappa shape index (κ3) is 4.55. The second kappa shape index (κ2) is 8.24. The van der Waals surface area contributed by atoms with Crippen molar-refractivity contribution < 1.29 is 9.13 Å². The molecule has 3 aromatic rings. The van der Waals surface area contributed by atoms with Gasteiger partial charge in [0.2, 0.25) is 0 Å². The molecule has 26 heavy (non-hydrogen) atoms. The molecule has 0 spiro atoms.